The smallest absolute Gasteiger partial charge is 0.190 e. The summed E-state index contributed by atoms with van der Waals surface area (Å²) in [5.41, 5.74) is -2.26. The van der Waals surface area contributed by atoms with E-state index in [4.69, 9.17) is 0 Å². The van der Waals surface area contributed by atoms with Crippen LogP contribution in [0, 0.1) is 29.1 Å². The van der Waals surface area contributed by atoms with Gasteiger partial charge in [-0.15, -0.1) is 0 Å². The van der Waals surface area contributed by atoms with Crippen molar-refractivity contribution < 1.29 is 19.8 Å². The van der Waals surface area contributed by atoms with Crippen molar-refractivity contribution in [2.75, 3.05) is 0 Å². The van der Waals surface area contributed by atoms with Gasteiger partial charge in [0.2, 0.25) is 0 Å². The zero-order chi connectivity index (χ0) is 16.8. The van der Waals surface area contributed by atoms with Gasteiger partial charge in [0, 0.05) is 17.3 Å². The van der Waals surface area contributed by atoms with Gasteiger partial charge in [-0.1, -0.05) is 19.4 Å². The van der Waals surface area contributed by atoms with E-state index >= 15 is 0 Å². The monoisotopic (exact) mass is 306 g/mol. The average molecular weight is 306 g/mol. The van der Waals surface area contributed by atoms with Gasteiger partial charge in [-0.05, 0) is 51.5 Å². The van der Waals surface area contributed by atoms with Crippen LogP contribution in [0.3, 0.4) is 0 Å². The lowest BCUT2D eigenvalue weighted by Gasteiger charge is -2.66. The number of hydrogen-bond acceptors (Lipinski definition) is 4. The fourth-order valence-corrected chi connectivity index (χ4v) is 5.72. The topological polar surface area (TPSA) is 74.6 Å². The largest absolute Gasteiger partial charge is 0.382 e. The molecule has 2 N–H and O–H groups in total. The summed E-state index contributed by atoms with van der Waals surface area (Å²) in [6, 6.07) is 0. The molecule has 0 saturated heterocycles. The van der Waals surface area contributed by atoms with E-state index < -0.39 is 22.5 Å². The van der Waals surface area contributed by atoms with Crippen LogP contribution < -0.4 is 0 Å². The lowest BCUT2D eigenvalue weighted by molar-refractivity contribution is -0.221. The molecule has 0 aromatic heterocycles. The van der Waals surface area contributed by atoms with Crippen LogP contribution >= 0.6 is 0 Å². The Morgan fingerprint density at radius 3 is 2.14 bits per heavy atom. The molecule has 4 heteroatoms. The Morgan fingerprint density at radius 2 is 1.59 bits per heavy atom. The van der Waals surface area contributed by atoms with Crippen LogP contribution in [0.1, 0.15) is 48.0 Å². The summed E-state index contributed by atoms with van der Waals surface area (Å²) in [5, 5.41) is 21.8. The molecule has 122 valence electrons. The Kier molecular flexibility index (Phi) is 2.95. The predicted octanol–water partition coefficient (Wildman–Crippen LogP) is 1.88. The molecule has 3 saturated carbocycles. The van der Waals surface area contributed by atoms with Gasteiger partial charge < -0.3 is 10.2 Å². The van der Waals surface area contributed by atoms with E-state index in [1.165, 1.54) is 0 Å². The van der Waals surface area contributed by atoms with E-state index in [0.717, 1.165) is 5.57 Å². The third-order valence-corrected chi connectivity index (χ3v) is 7.25. The van der Waals surface area contributed by atoms with Gasteiger partial charge >= 0.3 is 0 Å². The molecular formula is C18H26O4. The molecule has 0 amide bonds. The Balaban J connectivity index is 2.32. The second kappa shape index (κ2) is 4.09. The highest BCUT2D eigenvalue weighted by molar-refractivity contribution is 6.05. The van der Waals surface area contributed by atoms with Crippen LogP contribution in [0.25, 0.3) is 0 Å². The second-order valence-corrected chi connectivity index (χ2v) is 8.29. The Hall–Kier alpha value is -1.00. The van der Waals surface area contributed by atoms with Crippen molar-refractivity contribution in [1.82, 2.24) is 0 Å². The second-order valence-electron chi connectivity index (χ2n) is 8.29. The molecule has 7 atom stereocenters. The van der Waals surface area contributed by atoms with Crippen molar-refractivity contribution in [1.29, 1.82) is 0 Å². The van der Waals surface area contributed by atoms with Gasteiger partial charge in [-0.2, -0.15) is 0 Å². The summed E-state index contributed by atoms with van der Waals surface area (Å²) in [7, 11) is 0. The summed E-state index contributed by atoms with van der Waals surface area (Å²) < 4.78 is 0. The molecule has 22 heavy (non-hydrogen) atoms. The van der Waals surface area contributed by atoms with Crippen LogP contribution in [-0.4, -0.2) is 33.0 Å². The first-order chi connectivity index (χ1) is 9.89. The number of ketones is 2. The lowest BCUT2D eigenvalue weighted by Crippen LogP contribution is -2.74. The fraction of sp³-hybridized carbons (Fsp3) is 0.778. The standard InChI is InChI=1S/C18H26O4/c1-8-7-11-13-12(16(8,4)15(20)17(11,5)21)9(2)10(3)14(19)18(13,6)22/h8,11-13,21-22H,7H2,1-6H3. The van der Waals surface area contributed by atoms with Crippen molar-refractivity contribution in [3.8, 4) is 0 Å². The molecule has 0 aromatic rings. The maximum absolute atomic E-state index is 13.0. The van der Waals surface area contributed by atoms with Crippen LogP contribution in [0.15, 0.2) is 11.1 Å². The molecule has 4 aliphatic carbocycles. The summed E-state index contributed by atoms with van der Waals surface area (Å²) in [6.07, 6.45) is 0.659. The molecule has 4 nitrogen and oxygen atoms in total. The van der Waals surface area contributed by atoms with Crippen LogP contribution in [-0.2, 0) is 9.59 Å². The van der Waals surface area contributed by atoms with Crippen LogP contribution in [0.4, 0.5) is 0 Å². The quantitative estimate of drug-likeness (QED) is 0.716. The van der Waals surface area contributed by atoms with Gasteiger partial charge in [0.25, 0.3) is 0 Å². The highest BCUT2D eigenvalue weighted by atomic mass is 16.3. The number of Topliss-reactive ketones (excluding diaryl/α,β-unsaturated/α-hetero) is 2. The fourth-order valence-electron chi connectivity index (χ4n) is 5.72. The zero-order valence-corrected chi connectivity index (χ0v) is 14.2. The van der Waals surface area contributed by atoms with E-state index in [1.54, 1.807) is 20.8 Å². The summed E-state index contributed by atoms with van der Waals surface area (Å²) in [5.74, 6) is -1.25. The van der Waals surface area contributed by atoms with Gasteiger partial charge in [-0.25, -0.2) is 0 Å². The van der Waals surface area contributed by atoms with Gasteiger partial charge in [0.05, 0.1) is 0 Å². The highest BCUT2D eigenvalue weighted by Crippen LogP contribution is 2.66. The number of aliphatic hydroxyl groups is 2. The Morgan fingerprint density at radius 1 is 1.05 bits per heavy atom. The van der Waals surface area contributed by atoms with E-state index in [-0.39, 0.29) is 29.3 Å². The van der Waals surface area contributed by atoms with Crippen LogP contribution in [0.2, 0.25) is 0 Å². The average Bonchev–Trinajstić information content (AvgIpc) is 2.42. The SMILES string of the molecule is CC1=C(C)C2C(C3CC(C)C2(C)C(=O)C3(C)O)C(C)(O)C1=O. The normalized spacial score (nSPS) is 54.7. The summed E-state index contributed by atoms with van der Waals surface area (Å²) >= 11 is 0. The number of allylic oxidation sites excluding steroid dienone is 1. The van der Waals surface area contributed by atoms with Gasteiger partial charge in [0.15, 0.2) is 11.6 Å². The first-order valence-corrected chi connectivity index (χ1v) is 8.11. The molecule has 0 aromatic carbocycles. The molecule has 2 bridgehead atoms. The van der Waals surface area contributed by atoms with E-state index in [0.29, 0.717) is 12.0 Å². The number of carbonyl (C=O) groups excluding carboxylic acids is 2. The zero-order valence-electron chi connectivity index (χ0n) is 14.2. The molecular weight excluding hydrogens is 280 g/mol. The van der Waals surface area contributed by atoms with Crippen molar-refractivity contribution in [3.05, 3.63) is 11.1 Å². The first-order valence-electron chi connectivity index (χ1n) is 8.11. The van der Waals surface area contributed by atoms with Crippen molar-refractivity contribution in [2.24, 2.45) is 29.1 Å². The highest BCUT2D eigenvalue weighted by Gasteiger charge is 2.72. The van der Waals surface area contributed by atoms with Crippen molar-refractivity contribution >= 4 is 11.6 Å². The molecule has 4 aliphatic rings. The number of carbonyl (C=O) groups is 2. The van der Waals surface area contributed by atoms with Crippen molar-refractivity contribution in [3.63, 3.8) is 0 Å². The Labute approximate surface area is 131 Å². The number of fused-ring (bicyclic) bond motifs is 2. The molecule has 4 rings (SSSR count). The molecule has 0 heterocycles. The Bertz CT molecular complexity index is 613. The molecule has 0 radical (unpaired) electrons. The number of hydrogen-bond donors (Lipinski definition) is 2. The van der Waals surface area contributed by atoms with E-state index in [2.05, 4.69) is 0 Å². The van der Waals surface area contributed by atoms with Crippen molar-refractivity contribution in [2.45, 2.75) is 59.2 Å². The minimum absolute atomic E-state index is 0.123. The molecule has 7 unspecified atom stereocenters. The van der Waals surface area contributed by atoms with Crippen LogP contribution in [0.5, 0.6) is 0 Å². The molecule has 3 fully saturated rings. The summed E-state index contributed by atoms with van der Waals surface area (Å²) in [4.78, 5) is 25.6. The third-order valence-electron chi connectivity index (χ3n) is 7.25. The summed E-state index contributed by atoms with van der Waals surface area (Å²) in [6.45, 7) is 10.7. The maximum Gasteiger partial charge on any atom is 0.190 e. The van der Waals surface area contributed by atoms with E-state index in [9.17, 15) is 19.8 Å². The number of rotatable bonds is 0. The third kappa shape index (κ3) is 1.46. The molecule has 0 spiro atoms. The van der Waals surface area contributed by atoms with Gasteiger partial charge in [-0.3, -0.25) is 9.59 Å². The lowest BCUT2D eigenvalue weighted by atomic mass is 9.38. The minimum Gasteiger partial charge on any atom is -0.382 e. The predicted molar refractivity (Wildman–Crippen MR) is 82.0 cm³/mol. The molecule has 0 aliphatic heterocycles. The minimum atomic E-state index is -1.52. The van der Waals surface area contributed by atoms with E-state index in [1.807, 2.05) is 20.8 Å². The maximum atomic E-state index is 13.0. The first kappa shape index (κ1) is 15.9. The van der Waals surface area contributed by atoms with Gasteiger partial charge in [0.1, 0.15) is 11.2 Å².